The van der Waals surface area contributed by atoms with Gasteiger partial charge in [0.2, 0.25) is 5.76 Å². The van der Waals surface area contributed by atoms with E-state index in [-0.39, 0.29) is 11.5 Å². The summed E-state index contributed by atoms with van der Waals surface area (Å²) in [7, 11) is 0. The molecule has 0 saturated heterocycles. The van der Waals surface area contributed by atoms with E-state index in [0.717, 1.165) is 0 Å². The van der Waals surface area contributed by atoms with Crippen molar-refractivity contribution in [1.29, 1.82) is 0 Å². The molecule has 0 bridgehead atoms. The van der Waals surface area contributed by atoms with E-state index in [1.165, 1.54) is 6.21 Å². The van der Waals surface area contributed by atoms with Gasteiger partial charge in [-0.1, -0.05) is 12.1 Å². The van der Waals surface area contributed by atoms with Crippen molar-refractivity contribution in [3.8, 4) is 5.75 Å². The van der Waals surface area contributed by atoms with Crippen LogP contribution in [-0.4, -0.2) is 18.0 Å². The molecule has 1 aromatic carbocycles. The van der Waals surface area contributed by atoms with E-state index in [1.54, 1.807) is 24.3 Å². The Balaban J connectivity index is 2.58. The first-order chi connectivity index (χ1) is 8.09. The highest BCUT2D eigenvalue weighted by atomic mass is 16.5. The number of aliphatic imine (C=N–C) groups is 1. The maximum Gasteiger partial charge on any atom is 0.286 e. The van der Waals surface area contributed by atoms with Gasteiger partial charge in [0.1, 0.15) is 5.75 Å². The molecule has 0 fully saturated rings. The number of amides is 2. The number of nitrogens with zero attached hydrogens (tertiary/aromatic N) is 1. The van der Waals surface area contributed by atoms with Crippen LogP contribution in [0.2, 0.25) is 0 Å². The predicted octanol–water partition coefficient (Wildman–Crippen LogP) is -0.320. The Bertz CT molecular complexity index is 561. The molecular formula is C11H9N3O3. The van der Waals surface area contributed by atoms with Gasteiger partial charge in [-0.3, -0.25) is 9.59 Å². The van der Waals surface area contributed by atoms with E-state index < -0.39 is 11.8 Å². The first-order valence-corrected chi connectivity index (χ1v) is 4.74. The predicted molar refractivity (Wildman–Crippen MR) is 60.1 cm³/mol. The standard InChI is InChI=1S/C11H9N3O3/c12-10(15)8-9(11(13)16)17-7-4-2-1-3-6(7)5-14-8/h1-5H,(H2,12,15)(H2,13,16). The molecule has 0 spiro atoms. The van der Waals surface area contributed by atoms with Gasteiger partial charge in [-0.05, 0) is 12.1 Å². The van der Waals surface area contributed by atoms with Crippen molar-refractivity contribution in [1.82, 2.24) is 0 Å². The number of carbonyl (C=O) groups is 2. The molecule has 0 atom stereocenters. The zero-order chi connectivity index (χ0) is 12.4. The average molecular weight is 231 g/mol. The summed E-state index contributed by atoms with van der Waals surface area (Å²) in [4.78, 5) is 26.1. The zero-order valence-electron chi connectivity index (χ0n) is 8.71. The van der Waals surface area contributed by atoms with Crippen LogP contribution in [0.3, 0.4) is 0 Å². The SMILES string of the molecule is NC(=O)C1=C(C(N)=O)Oc2ccccc2C=N1. The number of fused-ring (bicyclic) bond motifs is 1. The number of nitrogens with two attached hydrogens (primary N) is 2. The van der Waals surface area contributed by atoms with Gasteiger partial charge < -0.3 is 16.2 Å². The number of carbonyl (C=O) groups excluding carboxylic acids is 2. The second-order valence-corrected chi connectivity index (χ2v) is 3.30. The largest absolute Gasteiger partial charge is 0.448 e. The molecular weight excluding hydrogens is 222 g/mol. The molecule has 2 amide bonds. The summed E-state index contributed by atoms with van der Waals surface area (Å²) in [6.07, 6.45) is 1.39. The van der Waals surface area contributed by atoms with Crippen LogP contribution in [0.1, 0.15) is 5.56 Å². The summed E-state index contributed by atoms with van der Waals surface area (Å²) >= 11 is 0. The van der Waals surface area contributed by atoms with Gasteiger partial charge in [0.25, 0.3) is 11.8 Å². The van der Waals surface area contributed by atoms with E-state index in [4.69, 9.17) is 16.2 Å². The number of ether oxygens (including phenoxy) is 1. The molecule has 0 radical (unpaired) electrons. The smallest absolute Gasteiger partial charge is 0.286 e. The van der Waals surface area contributed by atoms with Gasteiger partial charge >= 0.3 is 0 Å². The highest BCUT2D eigenvalue weighted by molar-refractivity contribution is 6.04. The fourth-order valence-corrected chi connectivity index (χ4v) is 1.37. The Morgan fingerprint density at radius 3 is 2.47 bits per heavy atom. The topological polar surface area (TPSA) is 108 Å². The van der Waals surface area contributed by atoms with E-state index in [1.807, 2.05) is 0 Å². The van der Waals surface area contributed by atoms with Crippen molar-refractivity contribution < 1.29 is 14.3 Å². The molecule has 0 aliphatic carbocycles. The van der Waals surface area contributed by atoms with Crippen molar-refractivity contribution in [3.05, 3.63) is 41.3 Å². The van der Waals surface area contributed by atoms with Gasteiger partial charge in [-0.25, -0.2) is 4.99 Å². The minimum absolute atomic E-state index is 0.284. The Morgan fingerprint density at radius 2 is 1.82 bits per heavy atom. The van der Waals surface area contributed by atoms with Crippen molar-refractivity contribution in [2.45, 2.75) is 0 Å². The van der Waals surface area contributed by atoms with Crippen LogP contribution in [0.5, 0.6) is 5.75 Å². The lowest BCUT2D eigenvalue weighted by atomic mass is 10.2. The van der Waals surface area contributed by atoms with Gasteiger partial charge in [0.15, 0.2) is 5.70 Å². The highest BCUT2D eigenvalue weighted by Gasteiger charge is 2.22. The molecule has 1 heterocycles. The number of rotatable bonds is 2. The molecule has 86 valence electrons. The van der Waals surface area contributed by atoms with Crippen molar-refractivity contribution in [2.24, 2.45) is 16.5 Å². The van der Waals surface area contributed by atoms with E-state index >= 15 is 0 Å². The van der Waals surface area contributed by atoms with Crippen molar-refractivity contribution >= 4 is 18.0 Å². The Morgan fingerprint density at radius 1 is 1.12 bits per heavy atom. The summed E-state index contributed by atoms with van der Waals surface area (Å²) in [6.45, 7) is 0. The van der Waals surface area contributed by atoms with E-state index in [0.29, 0.717) is 11.3 Å². The maximum atomic E-state index is 11.2. The third-order valence-corrected chi connectivity index (χ3v) is 2.14. The quantitative estimate of drug-likeness (QED) is 0.728. The third kappa shape index (κ3) is 2.00. The second-order valence-electron chi connectivity index (χ2n) is 3.30. The molecule has 6 heteroatoms. The first-order valence-electron chi connectivity index (χ1n) is 4.74. The number of hydrogen-bond acceptors (Lipinski definition) is 4. The lowest BCUT2D eigenvalue weighted by Crippen LogP contribution is -2.24. The lowest BCUT2D eigenvalue weighted by Gasteiger charge is -2.07. The Kier molecular flexibility index (Phi) is 2.61. The van der Waals surface area contributed by atoms with Gasteiger partial charge in [0.05, 0.1) is 0 Å². The number of benzene rings is 1. The van der Waals surface area contributed by atoms with Crippen LogP contribution in [0, 0.1) is 0 Å². The second kappa shape index (κ2) is 4.09. The summed E-state index contributed by atoms with van der Waals surface area (Å²) in [6, 6.07) is 6.85. The van der Waals surface area contributed by atoms with Crippen molar-refractivity contribution in [3.63, 3.8) is 0 Å². The van der Waals surface area contributed by atoms with Gasteiger partial charge in [0, 0.05) is 11.8 Å². The molecule has 0 saturated carbocycles. The molecule has 1 aliphatic rings. The number of para-hydroxylation sites is 1. The molecule has 4 N–H and O–H groups in total. The fourth-order valence-electron chi connectivity index (χ4n) is 1.37. The highest BCUT2D eigenvalue weighted by Crippen LogP contribution is 2.23. The molecule has 0 aromatic heterocycles. The number of primary amides is 2. The van der Waals surface area contributed by atoms with E-state index in [2.05, 4.69) is 4.99 Å². The molecule has 0 unspecified atom stereocenters. The summed E-state index contributed by atoms with van der Waals surface area (Å²) < 4.78 is 5.27. The zero-order valence-corrected chi connectivity index (χ0v) is 8.71. The molecule has 2 rings (SSSR count). The summed E-state index contributed by atoms with van der Waals surface area (Å²) in [5.41, 5.74) is 10.6. The van der Waals surface area contributed by atoms with Crippen LogP contribution in [-0.2, 0) is 9.59 Å². The minimum atomic E-state index is -0.896. The minimum Gasteiger partial charge on any atom is -0.448 e. The monoisotopic (exact) mass is 231 g/mol. The Hall–Kier alpha value is -2.63. The van der Waals surface area contributed by atoms with Crippen LogP contribution >= 0.6 is 0 Å². The first kappa shape index (κ1) is 10.9. The lowest BCUT2D eigenvalue weighted by molar-refractivity contribution is -0.118. The third-order valence-electron chi connectivity index (χ3n) is 2.14. The van der Waals surface area contributed by atoms with Crippen LogP contribution in [0.15, 0.2) is 40.7 Å². The Labute approximate surface area is 96.6 Å². The van der Waals surface area contributed by atoms with Gasteiger partial charge in [-0.2, -0.15) is 0 Å². The molecule has 17 heavy (non-hydrogen) atoms. The van der Waals surface area contributed by atoms with Crippen molar-refractivity contribution in [2.75, 3.05) is 0 Å². The average Bonchev–Trinajstić information content (AvgIpc) is 2.47. The van der Waals surface area contributed by atoms with E-state index in [9.17, 15) is 9.59 Å². The maximum absolute atomic E-state index is 11.2. The molecule has 1 aliphatic heterocycles. The normalized spacial score (nSPS) is 13.6. The van der Waals surface area contributed by atoms with Crippen LogP contribution < -0.4 is 16.2 Å². The van der Waals surface area contributed by atoms with Gasteiger partial charge in [-0.15, -0.1) is 0 Å². The molecule has 1 aromatic rings. The fraction of sp³-hybridized carbons (Fsp3) is 0. The summed E-state index contributed by atoms with van der Waals surface area (Å²) in [5, 5.41) is 0. The number of hydrogen-bond donors (Lipinski definition) is 2. The van der Waals surface area contributed by atoms with Crippen LogP contribution in [0.25, 0.3) is 0 Å². The van der Waals surface area contributed by atoms with Crippen LogP contribution in [0.4, 0.5) is 0 Å². The molecule has 6 nitrogen and oxygen atoms in total. The summed E-state index contributed by atoms with van der Waals surface area (Å²) in [5.74, 6) is -1.73.